The van der Waals surface area contributed by atoms with Crippen LogP contribution >= 0.6 is 22.9 Å². The zero-order chi connectivity index (χ0) is 16.4. The van der Waals surface area contributed by atoms with Crippen LogP contribution in [-0.4, -0.2) is 20.9 Å². The minimum Gasteiger partial charge on any atom is -0.296 e. The maximum atomic E-state index is 12.2. The Kier molecular flexibility index (Phi) is 4.36. The molecule has 23 heavy (non-hydrogen) atoms. The third-order valence-corrected chi connectivity index (χ3v) is 4.29. The average Bonchev–Trinajstić information content (AvgIpc) is 2.89. The summed E-state index contributed by atoms with van der Waals surface area (Å²) < 4.78 is 0. The number of amides is 1. The molecule has 1 N–H and O–H groups in total. The zero-order valence-electron chi connectivity index (χ0n) is 12.5. The highest BCUT2D eigenvalue weighted by molar-refractivity contribution is 7.16. The van der Waals surface area contributed by atoms with Crippen molar-refractivity contribution in [2.24, 2.45) is 0 Å². The molecule has 7 heteroatoms. The SMILES string of the molecule is Cc1cnc(C(=O)Nc2nc(-c3ccc(Cl)cc3)c(C)s2)cn1. The maximum absolute atomic E-state index is 12.2. The summed E-state index contributed by atoms with van der Waals surface area (Å²) in [5.74, 6) is -0.325. The van der Waals surface area contributed by atoms with E-state index in [-0.39, 0.29) is 11.6 Å². The summed E-state index contributed by atoms with van der Waals surface area (Å²) in [6.07, 6.45) is 3.01. The Morgan fingerprint density at radius 2 is 1.87 bits per heavy atom. The highest BCUT2D eigenvalue weighted by atomic mass is 35.5. The first kappa shape index (κ1) is 15.6. The van der Waals surface area contributed by atoms with Gasteiger partial charge in [0.05, 0.1) is 17.6 Å². The number of thiazole rings is 1. The lowest BCUT2D eigenvalue weighted by Gasteiger charge is -2.01. The van der Waals surface area contributed by atoms with E-state index < -0.39 is 0 Å². The van der Waals surface area contributed by atoms with Crippen LogP contribution in [0.25, 0.3) is 11.3 Å². The molecule has 0 fully saturated rings. The van der Waals surface area contributed by atoms with Gasteiger partial charge in [0, 0.05) is 21.7 Å². The van der Waals surface area contributed by atoms with E-state index in [0.29, 0.717) is 10.2 Å². The van der Waals surface area contributed by atoms with Gasteiger partial charge in [0.15, 0.2) is 5.13 Å². The van der Waals surface area contributed by atoms with Crippen molar-refractivity contribution < 1.29 is 4.79 Å². The molecule has 0 saturated carbocycles. The van der Waals surface area contributed by atoms with Crippen molar-refractivity contribution in [2.45, 2.75) is 13.8 Å². The van der Waals surface area contributed by atoms with Crippen LogP contribution in [-0.2, 0) is 0 Å². The monoisotopic (exact) mass is 344 g/mol. The van der Waals surface area contributed by atoms with Crippen LogP contribution in [0.15, 0.2) is 36.7 Å². The van der Waals surface area contributed by atoms with Gasteiger partial charge in [0.25, 0.3) is 5.91 Å². The first-order valence-electron chi connectivity index (χ1n) is 6.86. The van der Waals surface area contributed by atoms with Gasteiger partial charge in [-0.2, -0.15) is 0 Å². The molecule has 0 atom stereocenters. The number of halogens is 1. The van der Waals surface area contributed by atoms with Crippen LogP contribution in [0.1, 0.15) is 21.1 Å². The molecule has 1 amide bonds. The van der Waals surface area contributed by atoms with Gasteiger partial charge < -0.3 is 0 Å². The fourth-order valence-electron chi connectivity index (χ4n) is 2.00. The summed E-state index contributed by atoms with van der Waals surface area (Å²) in [5, 5.41) is 3.96. The van der Waals surface area contributed by atoms with Crippen LogP contribution in [0.3, 0.4) is 0 Å². The summed E-state index contributed by atoms with van der Waals surface area (Å²) in [6.45, 7) is 3.78. The molecule has 3 rings (SSSR count). The van der Waals surface area contributed by atoms with Crippen molar-refractivity contribution in [2.75, 3.05) is 5.32 Å². The third kappa shape index (κ3) is 3.55. The number of anilines is 1. The van der Waals surface area contributed by atoms with Crippen molar-refractivity contribution in [3.05, 3.63) is 57.9 Å². The van der Waals surface area contributed by atoms with Crippen LogP contribution in [0.2, 0.25) is 5.02 Å². The lowest BCUT2D eigenvalue weighted by atomic mass is 10.1. The summed E-state index contributed by atoms with van der Waals surface area (Å²) in [6, 6.07) is 7.44. The maximum Gasteiger partial charge on any atom is 0.277 e. The molecule has 0 bridgehead atoms. The molecule has 1 aromatic carbocycles. The lowest BCUT2D eigenvalue weighted by Crippen LogP contribution is -2.13. The number of carbonyl (C=O) groups excluding carboxylic acids is 1. The number of nitrogens with one attached hydrogen (secondary N) is 1. The molecule has 0 unspecified atom stereocenters. The molecule has 0 saturated heterocycles. The van der Waals surface area contributed by atoms with Gasteiger partial charge in [-0.3, -0.25) is 15.1 Å². The molecule has 5 nitrogen and oxygen atoms in total. The Morgan fingerprint density at radius 3 is 2.52 bits per heavy atom. The second kappa shape index (κ2) is 6.44. The highest BCUT2D eigenvalue weighted by Gasteiger charge is 2.14. The summed E-state index contributed by atoms with van der Waals surface area (Å²) in [4.78, 5) is 25.8. The average molecular weight is 345 g/mol. The largest absolute Gasteiger partial charge is 0.296 e. The first-order chi connectivity index (χ1) is 11.0. The Labute approximate surface area is 142 Å². The molecule has 0 aliphatic carbocycles. The van der Waals surface area contributed by atoms with Gasteiger partial charge in [-0.15, -0.1) is 11.3 Å². The standard InChI is InChI=1S/C16H13ClN4OS/c1-9-7-19-13(8-18-9)15(22)21-16-20-14(10(2)23-16)11-3-5-12(17)6-4-11/h3-8H,1-2H3,(H,20,21,22). The van der Waals surface area contributed by atoms with Gasteiger partial charge >= 0.3 is 0 Å². The number of rotatable bonds is 3. The Bertz CT molecular complexity index is 844. The van der Waals surface area contributed by atoms with Crippen molar-refractivity contribution in [1.82, 2.24) is 15.0 Å². The van der Waals surface area contributed by atoms with E-state index in [9.17, 15) is 4.79 Å². The second-order valence-electron chi connectivity index (χ2n) is 4.93. The topological polar surface area (TPSA) is 67.8 Å². The van der Waals surface area contributed by atoms with E-state index in [1.165, 1.54) is 17.5 Å². The first-order valence-corrected chi connectivity index (χ1v) is 8.06. The van der Waals surface area contributed by atoms with Crippen molar-refractivity contribution in [1.29, 1.82) is 0 Å². The highest BCUT2D eigenvalue weighted by Crippen LogP contribution is 2.31. The molecule has 3 aromatic rings. The predicted octanol–water partition coefficient (Wildman–Crippen LogP) is 4.12. The van der Waals surface area contributed by atoms with Gasteiger partial charge in [0.1, 0.15) is 5.69 Å². The number of hydrogen-bond acceptors (Lipinski definition) is 5. The van der Waals surface area contributed by atoms with E-state index in [1.54, 1.807) is 6.20 Å². The van der Waals surface area contributed by atoms with E-state index in [4.69, 9.17) is 11.6 Å². The molecule has 2 aromatic heterocycles. The normalized spacial score (nSPS) is 10.6. The quantitative estimate of drug-likeness (QED) is 0.776. The summed E-state index contributed by atoms with van der Waals surface area (Å²) in [5.41, 5.74) is 2.81. The van der Waals surface area contributed by atoms with Crippen LogP contribution in [0.5, 0.6) is 0 Å². The van der Waals surface area contributed by atoms with Gasteiger partial charge in [0.2, 0.25) is 0 Å². The number of aromatic nitrogens is 3. The minimum absolute atomic E-state index is 0.261. The van der Waals surface area contributed by atoms with Gasteiger partial charge in [-0.05, 0) is 26.0 Å². The van der Waals surface area contributed by atoms with Crippen molar-refractivity contribution in [3.63, 3.8) is 0 Å². The summed E-state index contributed by atoms with van der Waals surface area (Å²) in [7, 11) is 0. The van der Waals surface area contributed by atoms with E-state index in [0.717, 1.165) is 21.8 Å². The smallest absolute Gasteiger partial charge is 0.277 e. The van der Waals surface area contributed by atoms with E-state index >= 15 is 0 Å². The van der Waals surface area contributed by atoms with Crippen molar-refractivity contribution >= 4 is 34.0 Å². The predicted molar refractivity (Wildman–Crippen MR) is 92.0 cm³/mol. The van der Waals surface area contributed by atoms with Crippen molar-refractivity contribution in [3.8, 4) is 11.3 Å². The molecule has 0 spiro atoms. The lowest BCUT2D eigenvalue weighted by molar-refractivity contribution is 0.102. The zero-order valence-corrected chi connectivity index (χ0v) is 14.1. The third-order valence-electron chi connectivity index (χ3n) is 3.15. The Hall–Kier alpha value is -2.31. The summed E-state index contributed by atoms with van der Waals surface area (Å²) >= 11 is 7.32. The van der Waals surface area contributed by atoms with E-state index in [1.807, 2.05) is 38.1 Å². The fraction of sp³-hybridized carbons (Fsp3) is 0.125. The Morgan fingerprint density at radius 1 is 1.13 bits per heavy atom. The minimum atomic E-state index is -0.325. The molecule has 2 heterocycles. The number of aryl methyl sites for hydroxylation is 2. The van der Waals surface area contributed by atoms with Crippen LogP contribution in [0, 0.1) is 13.8 Å². The van der Waals surface area contributed by atoms with Gasteiger partial charge in [-0.25, -0.2) is 9.97 Å². The van der Waals surface area contributed by atoms with Crippen LogP contribution < -0.4 is 5.32 Å². The molecule has 0 radical (unpaired) electrons. The van der Waals surface area contributed by atoms with Crippen LogP contribution in [0.4, 0.5) is 5.13 Å². The molecular formula is C16H13ClN4OS. The number of carbonyl (C=O) groups is 1. The van der Waals surface area contributed by atoms with Gasteiger partial charge in [-0.1, -0.05) is 23.7 Å². The number of nitrogens with zero attached hydrogens (tertiary/aromatic N) is 3. The number of benzene rings is 1. The second-order valence-corrected chi connectivity index (χ2v) is 6.57. The molecule has 0 aliphatic heterocycles. The Balaban J connectivity index is 1.82. The fourth-order valence-corrected chi connectivity index (χ4v) is 2.95. The molecular weight excluding hydrogens is 332 g/mol. The molecule has 116 valence electrons. The number of hydrogen-bond donors (Lipinski definition) is 1. The molecule has 0 aliphatic rings. The van der Waals surface area contributed by atoms with E-state index in [2.05, 4.69) is 20.3 Å².